The fraction of sp³-hybridized carbons (Fsp3) is 0.882. The predicted octanol–water partition coefficient (Wildman–Crippen LogP) is 4.61. The minimum absolute atomic E-state index is 0. The van der Waals surface area contributed by atoms with Gasteiger partial charge in [0.15, 0.2) is 0 Å². The maximum Gasteiger partial charge on any atom is 0.0432 e. The quantitative estimate of drug-likeness (QED) is 0.449. The SMILES string of the molecule is [B]C(C)(CC(C)CC[CH2-])[C-](CC(C)C)CC(C)CO.[Y]. The Kier molecular flexibility index (Phi) is 13.6. The van der Waals surface area contributed by atoms with Crippen molar-refractivity contribution in [3.8, 4) is 0 Å². The summed E-state index contributed by atoms with van der Waals surface area (Å²) in [5, 5.41) is 9.07. The van der Waals surface area contributed by atoms with Crippen LogP contribution >= 0.6 is 0 Å². The summed E-state index contributed by atoms with van der Waals surface area (Å²) in [6.07, 6.45) is 5.14. The first kappa shape index (κ1) is 23.4. The van der Waals surface area contributed by atoms with Crippen LogP contribution < -0.4 is 0 Å². The molecule has 3 radical (unpaired) electrons. The first-order valence-corrected chi connectivity index (χ1v) is 7.77. The smallest absolute Gasteiger partial charge is 0.0432 e. The van der Waals surface area contributed by atoms with Crippen LogP contribution in [0.3, 0.4) is 0 Å². The Balaban J connectivity index is 0. The third kappa shape index (κ3) is 9.96. The van der Waals surface area contributed by atoms with E-state index in [4.69, 9.17) is 7.85 Å². The molecule has 0 saturated heterocycles. The van der Waals surface area contributed by atoms with E-state index in [0.29, 0.717) is 17.8 Å². The topological polar surface area (TPSA) is 20.2 Å². The molecule has 1 N–H and O–H groups in total. The van der Waals surface area contributed by atoms with Crippen LogP contribution in [0.25, 0.3) is 0 Å². The van der Waals surface area contributed by atoms with Gasteiger partial charge in [-0.25, -0.2) is 0 Å². The van der Waals surface area contributed by atoms with Crippen molar-refractivity contribution in [2.45, 2.75) is 72.0 Å². The molecule has 0 aromatic carbocycles. The molecule has 0 heterocycles. The largest absolute Gasteiger partial charge is 0.396 e. The Bertz CT molecular complexity index is 231. The van der Waals surface area contributed by atoms with Gasteiger partial charge in [-0.05, 0) is 11.8 Å². The van der Waals surface area contributed by atoms with Gasteiger partial charge < -0.3 is 17.9 Å². The zero-order chi connectivity index (χ0) is 15.1. The fourth-order valence-corrected chi connectivity index (χ4v) is 2.85. The number of hydrogen-bond acceptors (Lipinski definition) is 1. The fourth-order valence-electron chi connectivity index (χ4n) is 2.85. The van der Waals surface area contributed by atoms with Gasteiger partial charge in [-0.2, -0.15) is 24.6 Å². The summed E-state index contributed by atoms with van der Waals surface area (Å²) in [4.78, 5) is 0. The average molecular weight is 353 g/mol. The summed E-state index contributed by atoms with van der Waals surface area (Å²) in [5.41, 5.74) is 0. The van der Waals surface area contributed by atoms with Crippen LogP contribution in [0.1, 0.15) is 66.7 Å². The van der Waals surface area contributed by atoms with Crippen LogP contribution in [0.4, 0.5) is 0 Å². The molecule has 0 aliphatic carbocycles. The van der Waals surface area contributed by atoms with Crippen LogP contribution in [-0.4, -0.2) is 19.6 Å². The summed E-state index contributed by atoms with van der Waals surface area (Å²) in [6, 6.07) is 0. The van der Waals surface area contributed by atoms with Crippen molar-refractivity contribution in [2.24, 2.45) is 17.8 Å². The van der Waals surface area contributed by atoms with Crippen LogP contribution in [-0.2, 0) is 32.7 Å². The molecule has 3 heteroatoms. The molecular formula is C17H33BOY-2. The first-order chi connectivity index (χ1) is 8.72. The molecule has 0 aromatic rings. The molecular weight excluding hydrogens is 320 g/mol. The van der Waals surface area contributed by atoms with E-state index in [-0.39, 0.29) is 44.6 Å². The Morgan fingerprint density at radius 2 is 1.70 bits per heavy atom. The van der Waals surface area contributed by atoms with Crippen LogP contribution in [0.2, 0.25) is 5.31 Å². The molecule has 0 aliphatic rings. The Hall–Kier alpha value is 1.13. The number of hydrogen-bond donors (Lipinski definition) is 1. The van der Waals surface area contributed by atoms with Crippen molar-refractivity contribution < 1.29 is 37.8 Å². The monoisotopic (exact) mass is 353 g/mol. The van der Waals surface area contributed by atoms with E-state index in [0.717, 1.165) is 32.1 Å². The van der Waals surface area contributed by atoms with Crippen LogP contribution in [0.15, 0.2) is 0 Å². The third-order valence-electron chi connectivity index (χ3n) is 3.84. The molecule has 0 saturated carbocycles. The second-order valence-electron chi connectivity index (χ2n) is 7.06. The van der Waals surface area contributed by atoms with Gasteiger partial charge in [-0.1, -0.05) is 53.4 Å². The van der Waals surface area contributed by atoms with E-state index in [2.05, 4.69) is 41.5 Å². The molecule has 0 fully saturated rings. The van der Waals surface area contributed by atoms with E-state index >= 15 is 0 Å². The maximum absolute atomic E-state index is 9.29. The summed E-state index contributed by atoms with van der Waals surface area (Å²) in [7, 11) is 6.60. The second-order valence-corrected chi connectivity index (χ2v) is 7.06. The Labute approximate surface area is 154 Å². The normalized spacial score (nSPS) is 17.6. The predicted molar refractivity (Wildman–Crippen MR) is 86.1 cm³/mol. The molecule has 3 unspecified atom stereocenters. The van der Waals surface area contributed by atoms with Crippen molar-refractivity contribution in [1.82, 2.24) is 0 Å². The van der Waals surface area contributed by atoms with E-state index < -0.39 is 0 Å². The van der Waals surface area contributed by atoms with Crippen LogP contribution in [0, 0.1) is 30.6 Å². The van der Waals surface area contributed by atoms with Gasteiger partial charge in [0.25, 0.3) is 0 Å². The zero-order valence-electron chi connectivity index (χ0n) is 14.3. The van der Waals surface area contributed by atoms with Gasteiger partial charge in [0.2, 0.25) is 0 Å². The minimum atomic E-state index is -0.220. The number of rotatable bonds is 10. The van der Waals surface area contributed by atoms with Crippen molar-refractivity contribution in [2.75, 3.05) is 6.61 Å². The van der Waals surface area contributed by atoms with Crippen molar-refractivity contribution >= 4 is 7.85 Å². The van der Waals surface area contributed by atoms with E-state index in [1.54, 1.807) is 0 Å². The number of aliphatic hydroxyl groups is 1. The molecule has 115 valence electrons. The van der Waals surface area contributed by atoms with Crippen LogP contribution in [0.5, 0.6) is 0 Å². The van der Waals surface area contributed by atoms with Gasteiger partial charge in [-0.3, -0.25) is 0 Å². The average Bonchev–Trinajstić information content (AvgIpc) is 2.26. The van der Waals surface area contributed by atoms with E-state index in [9.17, 15) is 5.11 Å². The van der Waals surface area contributed by atoms with E-state index in [1.165, 1.54) is 5.92 Å². The molecule has 20 heavy (non-hydrogen) atoms. The van der Waals surface area contributed by atoms with Crippen molar-refractivity contribution in [3.05, 3.63) is 12.8 Å². The molecule has 3 atom stereocenters. The first-order valence-electron chi connectivity index (χ1n) is 7.77. The maximum atomic E-state index is 9.29. The standard InChI is InChI=1S/C17H33BO.Y/c1-7-8-14(4)11-17(6,18)16(9-13(2)3)10-15(5)12-19;/h13-15,19H,1,7-12H2,2-6H3;/q-2;. The van der Waals surface area contributed by atoms with Gasteiger partial charge >= 0.3 is 0 Å². The third-order valence-corrected chi connectivity index (χ3v) is 3.84. The van der Waals surface area contributed by atoms with E-state index in [1.807, 2.05) is 0 Å². The zero-order valence-corrected chi connectivity index (χ0v) is 17.1. The summed E-state index contributed by atoms with van der Waals surface area (Å²) in [6.45, 7) is 15.2. The minimum Gasteiger partial charge on any atom is -0.396 e. The summed E-state index contributed by atoms with van der Waals surface area (Å²) < 4.78 is 0. The molecule has 0 spiro atoms. The second kappa shape index (κ2) is 11.7. The molecule has 0 rings (SSSR count). The molecule has 0 bridgehead atoms. The summed E-state index contributed by atoms with van der Waals surface area (Å²) in [5.74, 6) is 2.95. The van der Waals surface area contributed by atoms with Crippen molar-refractivity contribution in [3.63, 3.8) is 0 Å². The van der Waals surface area contributed by atoms with Gasteiger partial charge in [0.1, 0.15) is 0 Å². The van der Waals surface area contributed by atoms with Gasteiger partial charge in [0.05, 0.1) is 0 Å². The Morgan fingerprint density at radius 3 is 2.10 bits per heavy atom. The Morgan fingerprint density at radius 1 is 1.15 bits per heavy atom. The summed E-state index contributed by atoms with van der Waals surface area (Å²) >= 11 is 0. The van der Waals surface area contributed by atoms with Crippen molar-refractivity contribution in [1.29, 1.82) is 0 Å². The molecule has 0 amide bonds. The molecule has 0 aromatic heterocycles. The number of aliphatic hydroxyl groups excluding tert-OH is 1. The molecule has 1 nitrogen and oxygen atoms in total. The molecule has 0 aliphatic heterocycles. The van der Waals surface area contributed by atoms with Gasteiger partial charge in [0, 0.05) is 47.2 Å². The van der Waals surface area contributed by atoms with Gasteiger partial charge in [-0.15, -0.1) is 0 Å².